The number of aliphatic hydroxyl groups is 1. The van der Waals surface area contributed by atoms with E-state index in [9.17, 15) is 19.1 Å². The number of likely N-dealkylation sites (tertiary alicyclic amines) is 1. The number of likely N-dealkylation sites (N-methyl/N-ethyl adjacent to an activating group) is 1. The number of Topliss-reactive ketones (excluding diaryl/α,β-unsaturated/α-hetero) is 1. The Kier molecular flexibility index (Phi) is 7.71. The molecule has 8 heteroatoms. The van der Waals surface area contributed by atoms with Crippen LogP contribution in [0.4, 0.5) is 4.39 Å². The van der Waals surface area contributed by atoms with Crippen LogP contribution in [0.1, 0.15) is 31.0 Å². The molecule has 2 aromatic carbocycles. The molecule has 1 atom stereocenters. The van der Waals surface area contributed by atoms with E-state index >= 15 is 0 Å². The fraction of sp³-hybridized carbons (Fsp3) is 0.360. The first-order valence-corrected chi connectivity index (χ1v) is 10.8. The van der Waals surface area contributed by atoms with E-state index in [0.717, 1.165) is 13.1 Å². The van der Waals surface area contributed by atoms with Crippen molar-refractivity contribution in [2.45, 2.75) is 19.9 Å². The van der Waals surface area contributed by atoms with Crippen molar-refractivity contribution in [1.82, 2.24) is 9.80 Å². The van der Waals surface area contributed by atoms with E-state index in [2.05, 4.69) is 4.90 Å². The van der Waals surface area contributed by atoms with Crippen LogP contribution in [0.15, 0.2) is 48.0 Å². The van der Waals surface area contributed by atoms with Gasteiger partial charge in [0.25, 0.3) is 11.7 Å². The standard InChI is InChI=1S/C25H29FN2O5/c1-5-27(6-2)14-15-28-21(18-8-7-9-19(32-3)24(18)33-4)20(23(30)25(28)31)22(29)16-10-12-17(26)13-11-16/h7-13,21,29H,5-6,14-15H2,1-4H3/t21-/m1/s1. The first kappa shape index (κ1) is 24.3. The zero-order chi connectivity index (χ0) is 24.1. The summed E-state index contributed by atoms with van der Waals surface area (Å²) in [5.74, 6) is -1.55. The third kappa shape index (κ3) is 4.71. The van der Waals surface area contributed by atoms with E-state index in [0.29, 0.717) is 23.6 Å². The van der Waals surface area contributed by atoms with E-state index in [4.69, 9.17) is 9.47 Å². The molecule has 1 aliphatic rings. The highest BCUT2D eigenvalue weighted by molar-refractivity contribution is 6.46. The van der Waals surface area contributed by atoms with E-state index in [1.165, 1.54) is 43.4 Å². The van der Waals surface area contributed by atoms with Crippen LogP contribution in [0, 0.1) is 5.82 Å². The van der Waals surface area contributed by atoms with Crippen LogP contribution >= 0.6 is 0 Å². The maximum atomic E-state index is 13.4. The van der Waals surface area contributed by atoms with Crippen LogP contribution < -0.4 is 9.47 Å². The monoisotopic (exact) mass is 456 g/mol. The molecule has 1 N–H and O–H groups in total. The largest absolute Gasteiger partial charge is 0.507 e. The maximum Gasteiger partial charge on any atom is 0.295 e. The fourth-order valence-corrected chi connectivity index (χ4v) is 4.11. The van der Waals surface area contributed by atoms with Gasteiger partial charge in [0.05, 0.1) is 25.8 Å². The van der Waals surface area contributed by atoms with E-state index in [1.54, 1.807) is 18.2 Å². The summed E-state index contributed by atoms with van der Waals surface area (Å²) in [5.41, 5.74) is 0.682. The summed E-state index contributed by atoms with van der Waals surface area (Å²) in [4.78, 5) is 29.9. The minimum absolute atomic E-state index is 0.0716. The van der Waals surface area contributed by atoms with Gasteiger partial charge in [-0.2, -0.15) is 0 Å². The summed E-state index contributed by atoms with van der Waals surface area (Å²) >= 11 is 0. The number of carbonyl (C=O) groups is 2. The van der Waals surface area contributed by atoms with Gasteiger partial charge in [0.2, 0.25) is 0 Å². The predicted molar refractivity (Wildman–Crippen MR) is 123 cm³/mol. The van der Waals surface area contributed by atoms with Crippen molar-refractivity contribution in [1.29, 1.82) is 0 Å². The Labute approximate surface area is 193 Å². The van der Waals surface area contributed by atoms with E-state index < -0.39 is 23.5 Å². The number of hydrogen-bond donors (Lipinski definition) is 1. The summed E-state index contributed by atoms with van der Waals surface area (Å²) in [6.45, 7) is 6.46. The van der Waals surface area contributed by atoms with Gasteiger partial charge in [0.1, 0.15) is 11.6 Å². The van der Waals surface area contributed by atoms with Gasteiger partial charge in [0.15, 0.2) is 11.5 Å². The summed E-state index contributed by atoms with van der Waals surface area (Å²) in [5, 5.41) is 11.1. The highest BCUT2D eigenvalue weighted by Gasteiger charge is 2.47. The van der Waals surface area contributed by atoms with Gasteiger partial charge in [-0.05, 0) is 43.4 Å². The second kappa shape index (κ2) is 10.5. The molecule has 1 fully saturated rings. The normalized spacial score (nSPS) is 17.6. The van der Waals surface area contributed by atoms with Crippen LogP contribution in [-0.4, -0.2) is 67.0 Å². The molecular weight excluding hydrogens is 427 g/mol. The lowest BCUT2D eigenvalue weighted by atomic mass is 9.94. The number of carbonyl (C=O) groups excluding carboxylic acids is 2. The minimum Gasteiger partial charge on any atom is -0.507 e. The average molecular weight is 457 g/mol. The van der Waals surface area contributed by atoms with Gasteiger partial charge >= 0.3 is 0 Å². The lowest BCUT2D eigenvalue weighted by molar-refractivity contribution is -0.140. The third-order valence-corrected chi connectivity index (χ3v) is 5.94. The second-order valence-corrected chi connectivity index (χ2v) is 7.61. The number of benzene rings is 2. The zero-order valence-electron chi connectivity index (χ0n) is 19.3. The van der Waals surface area contributed by atoms with Gasteiger partial charge in [0, 0.05) is 24.2 Å². The van der Waals surface area contributed by atoms with Gasteiger partial charge in [-0.3, -0.25) is 9.59 Å². The van der Waals surface area contributed by atoms with Crippen LogP contribution in [0.2, 0.25) is 0 Å². The van der Waals surface area contributed by atoms with Crippen molar-refractivity contribution in [2.24, 2.45) is 0 Å². The molecule has 0 bridgehead atoms. The van der Waals surface area contributed by atoms with Crippen molar-refractivity contribution < 1.29 is 28.6 Å². The SMILES string of the molecule is CCN(CC)CCN1C(=O)C(=O)C(=C(O)c2ccc(F)cc2)[C@H]1c1cccc(OC)c1OC. The van der Waals surface area contributed by atoms with E-state index in [1.807, 2.05) is 13.8 Å². The second-order valence-electron chi connectivity index (χ2n) is 7.61. The molecule has 3 rings (SSSR count). The van der Waals surface area contributed by atoms with Crippen LogP contribution in [0.25, 0.3) is 5.76 Å². The Morgan fingerprint density at radius 1 is 1.06 bits per heavy atom. The van der Waals surface area contributed by atoms with Crippen molar-refractivity contribution in [3.05, 3.63) is 65.0 Å². The molecule has 1 heterocycles. The number of ether oxygens (including phenoxy) is 2. The number of hydrogen-bond acceptors (Lipinski definition) is 6. The molecule has 1 amide bonds. The topological polar surface area (TPSA) is 79.3 Å². The van der Waals surface area contributed by atoms with Crippen molar-refractivity contribution >= 4 is 17.4 Å². The highest BCUT2D eigenvalue weighted by atomic mass is 19.1. The number of rotatable bonds is 9. The Morgan fingerprint density at radius 3 is 2.30 bits per heavy atom. The molecule has 33 heavy (non-hydrogen) atoms. The first-order valence-electron chi connectivity index (χ1n) is 10.8. The predicted octanol–water partition coefficient (Wildman–Crippen LogP) is 3.61. The molecule has 0 unspecified atom stereocenters. The van der Waals surface area contributed by atoms with E-state index in [-0.39, 0.29) is 23.4 Å². The molecule has 2 aromatic rings. The van der Waals surface area contributed by atoms with Crippen LogP contribution in [0.3, 0.4) is 0 Å². The summed E-state index contributed by atoms with van der Waals surface area (Å²) in [7, 11) is 2.97. The number of halogens is 1. The molecular formula is C25H29FN2O5. The molecule has 176 valence electrons. The fourth-order valence-electron chi connectivity index (χ4n) is 4.11. The number of ketones is 1. The number of amides is 1. The third-order valence-electron chi connectivity index (χ3n) is 5.94. The summed E-state index contributed by atoms with van der Waals surface area (Å²) < 4.78 is 24.4. The maximum absolute atomic E-state index is 13.4. The van der Waals surface area contributed by atoms with Crippen LogP contribution in [0.5, 0.6) is 11.5 Å². The zero-order valence-corrected chi connectivity index (χ0v) is 19.3. The molecule has 1 aliphatic heterocycles. The molecule has 1 saturated heterocycles. The first-order chi connectivity index (χ1) is 15.9. The number of para-hydroxylation sites is 1. The molecule has 0 spiro atoms. The minimum atomic E-state index is -0.893. The van der Waals surface area contributed by atoms with Crippen molar-refractivity contribution in [3.8, 4) is 11.5 Å². The Morgan fingerprint density at radius 2 is 1.73 bits per heavy atom. The lowest BCUT2D eigenvalue weighted by Gasteiger charge is -2.29. The van der Waals surface area contributed by atoms with Gasteiger partial charge < -0.3 is 24.4 Å². The van der Waals surface area contributed by atoms with Crippen molar-refractivity contribution in [2.75, 3.05) is 40.4 Å². The molecule has 0 aromatic heterocycles. The number of methoxy groups -OCH3 is 2. The Hall–Kier alpha value is -3.39. The van der Waals surface area contributed by atoms with Crippen LogP contribution in [-0.2, 0) is 9.59 Å². The molecule has 0 radical (unpaired) electrons. The Balaban J connectivity index is 2.19. The summed E-state index contributed by atoms with van der Waals surface area (Å²) in [6, 6.07) is 9.40. The number of aliphatic hydroxyl groups excluding tert-OH is 1. The van der Waals surface area contributed by atoms with Gasteiger partial charge in [-0.15, -0.1) is 0 Å². The molecule has 7 nitrogen and oxygen atoms in total. The average Bonchev–Trinajstić information content (AvgIpc) is 3.08. The van der Waals surface area contributed by atoms with Gasteiger partial charge in [-0.1, -0.05) is 26.0 Å². The lowest BCUT2D eigenvalue weighted by Crippen LogP contribution is -2.38. The highest BCUT2D eigenvalue weighted by Crippen LogP contribution is 2.45. The molecule has 0 saturated carbocycles. The quantitative estimate of drug-likeness (QED) is 0.353. The number of nitrogens with zero attached hydrogens (tertiary/aromatic N) is 2. The van der Waals surface area contributed by atoms with Crippen molar-refractivity contribution in [3.63, 3.8) is 0 Å². The molecule has 0 aliphatic carbocycles. The Bertz CT molecular complexity index is 1050. The summed E-state index contributed by atoms with van der Waals surface area (Å²) in [6.07, 6.45) is 0. The van der Waals surface area contributed by atoms with Gasteiger partial charge in [-0.25, -0.2) is 4.39 Å². The smallest absolute Gasteiger partial charge is 0.295 e.